The summed E-state index contributed by atoms with van der Waals surface area (Å²) >= 11 is 1.62. The molecule has 1 saturated heterocycles. The summed E-state index contributed by atoms with van der Waals surface area (Å²) in [5.41, 5.74) is 1.10. The third-order valence-electron chi connectivity index (χ3n) is 3.64. The van der Waals surface area contributed by atoms with Crippen molar-refractivity contribution in [2.75, 3.05) is 18.5 Å². The molecule has 0 saturated carbocycles. The molecule has 0 aliphatic carbocycles. The van der Waals surface area contributed by atoms with Gasteiger partial charge in [-0.05, 0) is 17.5 Å². The summed E-state index contributed by atoms with van der Waals surface area (Å²) in [6.45, 7) is 1.16. The number of carbonyl (C=O) groups excluding carboxylic acids is 1. The maximum atomic E-state index is 12.3. The molecule has 19 heavy (non-hydrogen) atoms. The minimum absolute atomic E-state index is 0.0930. The molecule has 1 unspecified atom stereocenters. The van der Waals surface area contributed by atoms with Crippen LogP contribution in [0.15, 0.2) is 41.8 Å². The first kappa shape index (κ1) is 11.0. The molecular formula is C14H12N2O2S. The van der Waals surface area contributed by atoms with E-state index in [0.717, 1.165) is 16.1 Å². The van der Waals surface area contributed by atoms with Crippen LogP contribution in [0.2, 0.25) is 0 Å². The Balaban J connectivity index is 2.02. The van der Waals surface area contributed by atoms with Gasteiger partial charge in [0.2, 0.25) is 5.72 Å². The van der Waals surface area contributed by atoms with Crippen LogP contribution in [-0.2, 0) is 10.5 Å². The number of hydrogen-bond acceptors (Lipinski definition) is 3. The molecular weight excluding hydrogens is 260 g/mol. The standard InChI is InChI=1S/C14H12N2O2S/c17-13-15-11-5-2-1-4-10(11)14(12-6-3-9-19-12)16(13)7-8-18-14/h1-6,9H,7-8H2,(H,15,17). The van der Waals surface area contributed by atoms with Crippen molar-refractivity contribution in [1.82, 2.24) is 4.90 Å². The highest BCUT2D eigenvalue weighted by Gasteiger charge is 2.52. The molecule has 2 aliphatic rings. The van der Waals surface area contributed by atoms with E-state index in [1.165, 1.54) is 0 Å². The third kappa shape index (κ3) is 1.34. The highest BCUT2D eigenvalue weighted by molar-refractivity contribution is 7.10. The second-order valence-corrected chi connectivity index (χ2v) is 5.54. The summed E-state index contributed by atoms with van der Waals surface area (Å²) in [4.78, 5) is 15.1. The van der Waals surface area contributed by atoms with E-state index in [0.29, 0.717) is 13.2 Å². The van der Waals surface area contributed by atoms with Gasteiger partial charge in [0, 0.05) is 12.1 Å². The number of ether oxygens (including phenoxy) is 1. The zero-order valence-corrected chi connectivity index (χ0v) is 10.9. The minimum Gasteiger partial charge on any atom is -0.344 e. The molecule has 1 aromatic heterocycles. The number of rotatable bonds is 1. The van der Waals surface area contributed by atoms with Crippen LogP contribution in [0.25, 0.3) is 0 Å². The summed E-state index contributed by atoms with van der Waals surface area (Å²) in [6, 6.07) is 11.8. The predicted octanol–water partition coefficient (Wildman–Crippen LogP) is 2.83. The first-order chi connectivity index (χ1) is 9.32. The second kappa shape index (κ2) is 3.82. The van der Waals surface area contributed by atoms with Crippen LogP contribution in [0.3, 0.4) is 0 Å². The fraction of sp³-hybridized carbons (Fsp3) is 0.214. The highest BCUT2D eigenvalue weighted by atomic mass is 32.1. The monoisotopic (exact) mass is 272 g/mol. The van der Waals surface area contributed by atoms with Crippen LogP contribution < -0.4 is 5.32 Å². The third-order valence-corrected chi connectivity index (χ3v) is 4.60. The molecule has 0 bridgehead atoms. The summed E-state index contributed by atoms with van der Waals surface area (Å²) < 4.78 is 6.06. The Morgan fingerprint density at radius 3 is 3.00 bits per heavy atom. The van der Waals surface area contributed by atoms with Crippen molar-refractivity contribution in [3.05, 3.63) is 52.2 Å². The van der Waals surface area contributed by atoms with Crippen LogP contribution in [0.5, 0.6) is 0 Å². The predicted molar refractivity (Wildman–Crippen MR) is 73.2 cm³/mol. The van der Waals surface area contributed by atoms with E-state index in [9.17, 15) is 4.79 Å². The molecule has 1 fully saturated rings. The Hall–Kier alpha value is -1.85. The Labute approximate surface area is 114 Å². The molecule has 2 aromatic rings. The van der Waals surface area contributed by atoms with Gasteiger partial charge in [-0.15, -0.1) is 11.3 Å². The molecule has 1 aromatic carbocycles. The van der Waals surface area contributed by atoms with Crippen molar-refractivity contribution in [2.45, 2.75) is 5.72 Å². The summed E-state index contributed by atoms with van der Waals surface area (Å²) in [5.74, 6) is 0. The normalized spacial score (nSPS) is 24.8. The lowest BCUT2D eigenvalue weighted by Gasteiger charge is -2.41. The summed E-state index contributed by atoms with van der Waals surface area (Å²) in [7, 11) is 0. The largest absolute Gasteiger partial charge is 0.344 e. The van der Waals surface area contributed by atoms with Crippen molar-refractivity contribution >= 4 is 23.1 Å². The van der Waals surface area contributed by atoms with E-state index >= 15 is 0 Å². The topological polar surface area (TPSA) is 41.6 Å². The Kier molecular flexibility index (Phi) is 2.22. The summed E-state index contributed by atoms with van der Waals surface area (Å²) in [6.07, 6.45) is 0. The maximum Gasteiger partial charge on any atom is 0.324 e. The molecule has 2 aliphatic heterocycles. The van der Waals surface area contributed by atoms with Crippen LogP contribution >= 0.6 is 11.3 Å². The van der Waals surface area contributed by atoms with Crippen molar-refractivity contribution in [3.63, 3.8) is 0 Å². The van der Waals surface area contributed by atoms with Crippen molar-refractivity contribution in [1.29, 1.82) is 0 Å². The highest BCUT2D eigenvalue weighted by Crippen LogP contribution is 2.47. The van der Waals surface area contributed by atoms with Gasteiger partial charge in [0.25, 0.3) is 0 Å². The zero-order chi connectivity index (χ0) is 12.9. The number of carbonyl (C=O) groups is 1. The lowest BCUT2D eigenvalue weighted by Crippen LogP contribution is -2.51. The molecule has 4 nitrogen and oxygen atoms in total. The van der Waals surface area contributed by atoms with E-state index in [1.54, 1.807) is 16.2 Å². The number of thiophene rings is 1. The van der Waals surface area contributed by atoms with Gasteiger partial charge in [0.1, 0.15) is 0 Å². The quantitative estimate of drug-likeness (QED) is 0.867. The lowest BCUT2D eigenvalue weighted by atomic mass is 9.95. The van der Waals surface area contributed by atoms with Gasteiger partial charge in [0.15, 0.2) is 0 Å². The van der Waals surface area contributed by atoms with E-state index in [2.05, 4.69) is 5.32 Å². The smallest absolute Gasteiger partial charge is 0.324 e. The van der Waals surface area contributed by atoms with Crippen molar-refractivity contribution in [2.24, 2.45) is 0 Å². The van der Waals surface area contributed by atoms with Gasteiger partial charge in [0.05, 0.1) is 17.2 Å². The number of amides is 2. The average molecular weight is 272 g/mol. The molecule has 4 rings (SSSR count). The van der Waals surface area contributed by atoms with Crippen LogP contribution in [0, 0.1) is 0 Å². The van der Waals surface area contributed by atoms with Crippen molar-refractivity contribution in [3.8, 4) is 0 Å². The molecule has 5 heteroatoms. The first-order valence-electron chi connectivity index (χ1n) is 6.18. The molecule has 3 heterocycles. The minimum atomic E-state index is -0.743. The van der Waals surface area contributed by atoms with Gasteiger partial charge in [-0.2, -0.15) is 0 Å². The van der Waals surface area contributed by atoms with E-state index in [1.807, 2.05) is 41.8 Å². The number of urea groups is 1. The first-order valence-corrected chi connectivity index (χ1v) is 7.06. The number of hydrogen-bond donors (Lipinski definition) is 1. The average Bonchev–Trinajstić information content (AvgIpc) is 3.09. The summed E-state index contributed by atoms with van der Waals surface area (Å²) in [5, 5.41) is 4.94. The molecule has 0 radical (unpaired) electrons. The number of para-hydroxylation sites is 1. The zero-order valence-electron chi connectivity index (χ0n) is 10.1. The van der Waals surface area contributed by atoms with Crippen molar-refractivity contribution < 1.29 is 9.53 Å². The molecule has 1 atom stereocenters. The van der Waals surface area contributed by atoms with Crippen LogP contribution in [0.4, 0.5) is 10.5 Å². The number of benzene rings is 1. The van der Waals surface area contributed by atoms with E-state index in [-0.39, 0.29) is 6.03 Å². The van der Waals surface area contributed by atoms with Crippen LogP contribution in [0.1, 0.15) is 10.4 Å². The lowest BCUT2D eigenvalue weighted by molar-refractivity contribution is -0.0295. The van der Waals surface area contributed by atoms with Gasteiger partial charge >= 0.3 is 6.03 Å². The van der Waals surface area contributed by atoms with Gasteiger partial charge < -0.3 is 10.1 Å². The van der Waals surface area contributed by atoms with Gasteiger partial charge in [-0.25, -0.2) is 4.79 Å². The van der Waals surface area contributed by atoms with Gasteiger partial charge in [-0.3, -0.25) is 4.90 Å². The fourth-order valence-electron chi connectivity index (χ4n) is 2.87. The Morgan fingerprint density at radius 1 is 1.26 bits per heavy atom. The number of nitrogens with zero attached hydrogens (tertiary/aromatic N) is 1. The number of nitrogens with one attached hydrogen (secondary N) is 1. The number of fused-ring (bicyclic) bond motifs is 3. The van der Waals surface area contributed by atoms with E-state index < -0.39 is 5.72 Å². The fourth-order valence-corrected chi connectivity index (χ4v) is 3.77. The van der Waals surface area contributed by atoms with Crippen LogP contribution in [-0.4, -0.2) is 24.1 Å². The SMILES string of the molecule is O=C1Nc2ccccc2C2(c3cccs3)OCCN12. The molecule has 1 N–H and O–H groups in total. The van der Waals surface area contributed by atoms with Gasteiger partial charge in [-0.1, -0.05) is 24.3 Å². The molecule has 96 valence electrons. The molecule has 0 spiro atoms. The molecule has 2 amide bonds. The maximum absolute atomic E-state index is 12.3. The Morgan fingerprint density at radius 2 is 2.16 bits per heavy atom. The van der Waals surface area contributed by atoms with E-state index in [4.69, 9.17) is 4.74 Å². The second-order valence-electron chi connectivity index (χ2n) is 4.60. The Bertz CT molecular complexity index is 641. The number of anilines is 1.